The van der Waals surface area contributed by atoms with Crippen LogP contribution in [0.3, 0.4) is 0 Å². The van der Waals surface area contributed by atoms with Gasteiger partial charge in [-0.05, 0) is 35.2 Å². The number of methoxy groups -OCH3 is 2. The Balaban J connectivity index is 0.000000411. The molecule has 3 aromatic rings. The maximum atomic E-state index is 8.52. The van der Waals surface area contributed by atoms with E-state index in [1.165, 1.54) is 16.8 Å². The fourth-order valence-corrected chi connectivity index (χ4v) is 3.77. The Hall–Kier alpha value is -3.08. The average Bonchev–Trinajstić information content (AvgIpc) is 3.16. The Kier molecular flexibility index (Phi) is 6.25. The number of rotatable bonds is 2. The molecule has 166 valence electrons. The van der Waals surface area contributed by atoms with E-state index in [0.717, 1.165) is 46.7 Å². The lowest BCUT2D eigenvalue weighted by atomic mass is 9.95. The van der Waals surface area contributed by atoms with Crippen LogP contribution in [0.2, 0.25) is 0 Å². The van der Waals surface area contributed by atoms with Gasteiger partial charge in [0.25, 0.3) is 0 Å². The van der Waals surface area contributed by atoms with Crippen molar-refractivity contribution in [3.8, 4) is 34.3 Å². The first-order chi connectivity index (χ1) is 14.3. The van der Waals surface area contributed by atoms with Crippen molar-refractivity contribution in [2.75, 3.05) is 21.0 Å². The van der Waals surface area contributed by atoms with E-state index in [1.54, 1.807) is 14.2 Å². The number of pyridine rings is 1. The van der Waals surface area contributed by atoms with Crippen LogP contribution in [0.1, 0.15) is 13.0 Å². The van der Waals surface area contributed by atoms with Crippen LogP contribution in [0, 0.1) is 0 Å². The van der Waals surface area contributed by atoms with E-state index in [0.29, 0.717) is 6.79 Å². The summed E-state index contributed by atoms with van der Waals surface area (Å²) >= 11 is 0. The van der Waals surface area contributed by atoms with Gasteiger partial charge in [-0.1, -0.05) is 7.43 Å². The van der Waals surface area contributed by atoms with Crippen molar-refractivity contribution < 1.29 is 41.0 Å². The minimum Gasteiger partial charge on any atom is -0.759 e. The monoisotopic (exact) mass is 448 g/mol. The van der Waals surface area contributed by atoms with E-state index in [9.17, 15) is 0 Å². The molecule has 31 heavy (non-hydrogen) atoms. The van der Waals surface area contributed by atoms with Gasteiger partial charge in [0.2, 0.25) is 12.5 Å². The van der Waals surface area contributed by atoms with Crippen molar-refractivity contribution >= 4 is 21.2 Å². The molecule has 0 saturated carbocycles. The molecule has 0 amide bonds. The summed E-state index contributed by atoms with van der Waals surface area (Å²) < 4.78 is 58.5. The van der Waals surface area contributed by atoms with Gasteiger partial charge in [0.15, 0.2) is 35.7 Å². The molecule has 2 aliphatic heterocycles. The fraction of sp³-hybridized carbons (Fsp3) is 0.286. The Labute approximate surface area is 180 Å². The molecule has 0 saturated heterocycles. The molecule has 0 bridgehead atoms. The number of aryl methyl sites for hydroxylation is 2. The second-order valence-corrected chi connectivity index (χ2v) is 7.49. The number of aromatic nitrogens is 1. The highest BCUT2D eigenvalue weighted by Crippen LogP contribution is 2.41. The summed E-state index contributed by atoms with van der Waals surface area (Å²) in [7, 11) is -1.83. The van der Waals surface area contributed by atoms with Crippen LogP contribution in [-0.2, 0) is 23.4 Å². The third-order valence-corrected chi connectivity index (χ3v) is 5.00. The van der Waals surface area contributed by atoms with Crippen LogP contribution in [0.4, 0.5) is 0 Å². The predicted molar refractivity (Wildman–Crippen MR) is 110 cm³/mol. The van der Waals surface area contributed by atoms with Gasteiger partial charge < -0.3 is 28.1 Å². The van der Waals surface area contributed by atoms with Crippen LogP contribution in [0.5, 0.6) is 23.0 Å². The van der Waals surface area contributed by atoms with Crippen LogP contribution < -0.4 is 23.5 Å². The summed E-state index contributed by atoms with van der Waals surface area (Å²) in [4.78, 5) is 0. The van der Waals surface area contributed by atoms with Gasteiger partial charge in [-0.25, -0.2) is 0 Å². The second kappa shape index (κ2) is 8.58. The van der Waals surface area contributed by atoms with Crippen molar-refractivity contribution in [1.29, 1.82) is 0 Å². The van der Waals surface area contributed by atoms with Gasteiger partial charge >= 0.3 is 0 Å². The van der Waals surface area contributed by atoms with Crippen LogP contribution in [0.25, 0.3) is 22.0 Å². The lowest BCUT2D eigenvalue weighted by molar-refractivity contribution is -0.686. The molecule has 9 nitrogen and oxygen atoms in total. The molecular formula is C21H22NO8S-. The first-order valence-corrected chi connectivity index (χ1v) is 10.3. The van der Waals surface area contributed by atoms with E-state index in [1.807, 2.05) is 6.07 Å². The highest BCUT2D eigenvalue weighted by molar-refractivity contribution is 7.79. The van der Waals surface area contributed by atoms with Gasteiger partial charge in [0.1, 0.15) is 0 Å². The quantitative estimate of drug-likeness (QED) is 0.333. The van der Waals surface area contributed by atoms with Crippen LogP contribution in [0.15, 0.2) is 36.5 Å². The van der Waals surface area contributed by atoms with Gasteiger partial charge in [0.05, 0.1) is 25.2 Å². The molecule has 3 heterocycles. The molecule has 0 aliphatic carbocycles. The van der Waals surface area contributed by atoms with Gasteiger partial charge in [-0.15, -0.1) is 0 Å². The summed E-state index contributed by atoms with van der Waals surface area (Å²) in [6, 6.07) is 10.4. The van der Waals surface area contributed by atoms with E-state index in [2.05, 4.69) is 35.0 Å². The standard InChI is InChI=1S/C20H18NO4.CH4.H2O4S/c1-22-17-4-3-12-7-16-14-9-19-18(24-11-25-19)8-13(14)5-6-21(16)10-15(12)20(17)23-2;;1-5(2,3)4/h3-4,7-10H,5-6,11H2,1-2H3;1H4;(H2,1,2,3,4)/q+1;;/p-2. The Morgan fingerprint density at radius 3 is 2.35 bits per heavy atom. The molecular weight excluding hydrogens is 426 g/mol. The van der Waals surface area contributed by atoms with Crippen molar-refractivity contribution in [2.45, 2.75) is 20.4 Å². The van der Waals surface area contributed by atoms with Crippen LogP contribution in [-0.4, -0.2) is 38.5 Å². The topological polar surface area (TPSA) is 121 Å². The smallest absolute Gasteiger partial charge is 0.231 e. The molecule has 0 fully saturated rings. The first kappa shape index (κ1) is 22.6. The zero-order valence-corrected chi connectivity index (χ0v) is 17.0. The summed E-state index contributed by atoms with van der Waals surface area (Å²) in [6.07, 6.45) is 3.11. The second-order valence-electron chi connectivity index (χ2n) is 6.68. The van der Waals surface area contributed by atoms with E-state index in [4.69, 9.17) is 36.5 Å². The molecule has 0 N–H and O–H groups in total. The zero-order chi connectivity index (χ0) is 21.5. The summed E-state index contributed by atoms with van der Waals surface area (Å²) in [6.45, 7) is 1.21. The van der Waals surface area contributed by atoms with Crippen molar-refractivity contribution in [3.05, 3.63) is 42.1 Å². The molecule has 0 spiro atoms. The fourth-order valence-electron chi connectivity index (χ4n) is 3.77. The molecule has 5 rings (SSSR count). The summed E-state index contributed by atoms with van der Waals surface area (Å²) in [5, 5.41) is 2.17. The number of hydrogen-bond donors (Lipinski definition) is 0. The highest BCUT2D eigenvalue weighted by Gasteiger charge is 2.28. The Bertz CT molecular complexity index is 1230. The molecule has 0 unspecified atom stereocenters. The first-order valence-electron chi connectivity index (χ1n) is 8.96. The van der Waals surface area contributed by atoms with E-state index < -0.39 is 10.4 Å². The highest BCUT2D eigenvalue weighted by atomic mass is 32.3. The lowest BCUT2D eigenvalue weighted by Gasteiger charge is -2.17. The van der Waals surface area contributed by atoms with E-state index in [-0.39, 0.29) is 7.43 Å². The molecule has 0 radical (unpaired) electrons. The number of benzene rings is 2. The zero-order valence-electron chi connectivity index (χ0n) is 16.2. The minimum atomic E-state index is -5.17. The minimum absolute atomic E-state index is 0. The molecule has 2 aliphatic rings. The largest absolute Gasteiger partial charge is 0.759 e. The molecule has 2 aromatic carbocycles. The number of ether oxygens (including phenoxy) is 4. The van der Waals surface area contributed by atoms with Crippen molar-refractivity contribution in [2.24, 2.45) is 0 Å². The molecule has 10 heteroatoms. The average molecular weight is 448 g/mol. The van der Waals surface area contributed by atoms with E-state index >= 15 is 0 Å². The molecule has 1 aromatic heterocycles. The summed E-state index contributed by atoms with van der Waals surface area (Å²) in [5.74, 6) is 3.18. The Morgan fingerprint density at radius 2 is 1.71 bits per heavy atom. The van der Waals surface area contributed by atoms with Crippen molar-refractivity contribution in [3.63, 3.8) is 0 Å². The lowest BCUT2D eigenvalue weighted by Crippen LogP contribution is -2.40. The van der Waals surface area contributed by atoms with Crippen molar-refractivity contribution in [1.82, 2.24) is 0 Å². The Morgan fingerprint density at radius 1 is 1.03 bits per heavy atom. The third kappa shape index (κ3) is 4.50. The summed E-state index contributed by atoms with van der Waals surface area (Å²) in [5.41, 5.74) is 3.68. The van der Waals surface area contributed by atoms with Gasteiger partial charge in [-0.2, -0.15) is 4.57 Å². The SMILES string of the molecule is C.COc1ccc2cc3[n+](cc2c1OC)CCc1cc2c(cc1-3)OCO2.O=S(=O)([O-])[O-]. The van der Waals surface area contributed by atoms with Gasteiger partial charge in [0, 0.05) is 22.9 Å². The number of nitrogens with zero attached hydrogens (tertiary/aromatic N) is 1. The van der Waals surface area contributed by atoms with Crippen LogP contribution >= 0.6 is 0 Å². The third-order valence-electron chi connectivity index (χ3n) is 5.00. The maximum absolute atomic E-state index is 8.52. The number of hydrogen-bond acceptors (Lipinski definition) is 8. The normalized spacial score (nSPS) is 13.3. The maximum Gasteiger partial charge on any atom is 0.231 e. The molecule has 0 atom stereocenters. The predicted octanol–water partition coefficient (Wildman–Crippen LogP) is 2.39. The van der Waals surface area contributed by atoms with Gasteiger partial charge in [-0.3, -0.25) is 8.42 Å². The number of fused-ring (bicyclic) bond motifs is 5.